The number of likely N-dealkylation sites (N-methyl/N-ethyl adjacent to an activating group) is 1. The van der Waals surface area contributed by atoms with Gasteiger partial charge in [-0.1, -0.05) is 39.4 Å². The molecule has 7 nitrogen and oxygen atoms in total. The van der Waals surface area contributed by atoms with Crippen molar-refractivity contribution in [1.29, 1.82) is 0 Å². The van der Waals surface area contributed by atoms with Crippen LogP contribution < -0.4 is 9.64 Å². The van der Waals surface area contributed by atoms with Crippen LogP contribution in [-0.4, -0.2) is 51.4 Å². The summed E-state index contributed by atoms with van der Waals surface area (Å²) in [6.45, 7) is 0.196. The molecule has 1 saturated heterocycles. The molecule has 24 heavy (non-hydrogen) atoms. The van der Waals surface area contributed by atoms with Crippen LogP contribution in [0.25, 0.3) is 0 Å². The molecule has 0 aliphatic carbocycles. The minimum absolute atomic E-state index is 0.107. The Bertz CT molecular complexity index is 746. The Labute approximate surface area is 149 Å². The van der Waals surface area contributed by atoms with E-state index in [1.54, 1.807) is 19.2 Å². The second kappa shape index (κ2) is 6.99. The van der Waals surface area contributed by atoms with E-state index in [-0.39, 0.29) is 23.5 Å². The maximum atomic E-state index is 13.7. The van der Waals surface area contributed by atoms with Crippen LogP contribution in [0.4, 0.5) is 14.3 Å². The molecule has 2 atom stereocenters. The maximum absolute atomic E-state index is 13.7. The number of aliphatic hydroxyl groups is 1. The van der Waals surface area contributed by atoms with Crippen molar-refractivity contribution in [3.63, 3.8) is 0 Å². The fourth-order valence-corrected chi connectivity index (χ4v) is 3.79. The van der Waals surface area contributed by atoms with Crippen molar-refractivity contribution in [2.24, 2.45) is 0 Å². The predicted molar refractivity (Wildman–Crippen MR) is 90.0 cm³/mol. The molecule has 10 heteroatoms. The SMILES string of the molecule is CN1CC(O)N(c2nnc(C(CBr)Oc3ccccc3F)s2)C1=O. The number of β-amino-alcohol motifs (C(OH)–C–C–N with tert-alkyl or cyclic N) is 1. The first kappa shape index (κ1) is 17.1. The van der Waals surface area contributed by atoms with Crippen molar-refractivity contribution < 1.29 is 19.0 Å². The molecule has 3 rings (SSSR count). The number of carbonyl (C=O) groups is 1. The van der Waals surface area contributed by atoms with Gasteiger partial charge in [0.2, 0.25) is 5.13 Å². The fourth-order valence-electron chi connectivity index (χ4n) is 2.22. The molecule has 2 heterocycles. The molecule has 2 amide bonds. The molecule has 0 saturated carbocycles. The topological polar surface area (TPSA) is 78.8 Å². The highest BCUT2D eigenvalue weighted by Gasteiger charge is 2.37. The van der Waals surface area contributed by atoms with Crippen LogP contribution in [0.1, 0.15) is 11.1 Å². The average Bonchev–Trinajstić information content (AvgIpc) is 3.12. The molecule has 1 N–H and O–H groups in total. The molecule has 2 aromatic rings. The first-order chi connectivity index (χ1) is 11.5. The zero-order valence-electron chi connectivity index (χ0n) is 12.6. The number of aliphatic hydroxyl groups excluding tert-OH is 1. The smallest absolute Gasteiger partial charge is 0.328 e. The fraction of sp³-hybridized carbons (Fsp3) is 0.357. The lowest BCUT2D eigenvalue weighted by molar-refractivity contribution is 0.183. The van der Waals surface area contributed by atoms with Gasteiger partial charge in [-0.05, 0) is 12.1 Å². The molecular weight excluding hydrogens is 403 g/mol. The van der Waals surface area contributed by atoms with E-state index in [1.807, 2.05) is 0 Å². The molecule has 1 fully saturated rings. The highest BCUT2D eigenvalue weighted by molar-refractivity contribution is 9.09. The zero-order chi connectivity index (χ0) is 17.3. The number of ether oxygens (including phenoxy) is 1. The number of benzene rings is 1. The van der Waals surface area contributed by atoms with Crippen LogP contribution in [-0.2, 0) is 0 Å². The van der Waals surface area contributed by atoms with E-state index < -0.39 is 18.1 Å². The van der Waals surface area contributed by atoms with E-state index in [0.29, 0.717) is 10.3 Å². The number of urea groups is 1. The number of anilines is 1. The van der Waals surface area contributed by atoms with E-state index >= 15 is 0 Å². The second-order valence-corrected chi connectivity index (χ2v) is 6.76. The molecule has 1 aromatic carbocycles. The summed E-state index contributed by atoms with van der Waals surface area (Å²) in [6, 6.07) is 5.72. The summed E-state index contributed by atoms with van der Waals surface area (Å²) in [4.78, 5) is 14.6. The Morgan fingerprint density at radius 2 is 2.25 bits per heavy atom. The number of carbonyl (C=O) groups excluding carboxylic acids is 1. The van der Waals surface area contributed by atoms with E-state index in [0.717, 1.165) is 11.3 Å². The molecule has 1 aliphatic heterocycles. The number of para-hydroxylation sites is 1. The van der Waals surface area contributed by atoms with Gasteiger partial charge in [0.15, 0.2) is 28.9 Å². The number of amides is 2. The minimum atomic E-state index is -0.974. The number of hydrogen-bond acceptors (Lipinski definition) is 6. The van der Waals surface area contributed by atoms with Gasteiger partial charge in [-0.15, -0.1) is 10.2 Å². The predicted octanol–water partition coefficient (Wildman–Crippen LogP) is 2.38. The molecule has 1 aliphatic rings. The number of rotatable bonds is 5. The Morgan fingerprint density at radius 3 is 2.88 bits per heavy atom. The third-order valence-electron chi connectivity index (χ3n) is 3.43. The largest absolute Gasteiger partial charge is 0.479 e. The van der Waals surface area contributed by atoms with Crippen LogP contribution in [0.2, 0.25) is 0 Å². The molecule has 1 aromatic heterocycles. The first-order valence-corrected chi connectivity index (χ1v) is 8.98. The Kier molecular flexibility index (Phi) is 4.97. The van der Waals surface area contributed by atoms with Gasteiger partial charge < -0.3 is 14.7 Å². The molecule has 0 spiro atoms. The highest BCUT2D eigenvalue weighted by atomic mass is 79.9. The number of halogens is 2. The summed E-state index contributed by atoms with van der Waals surface area (Å²) < 4.78 is 19.4. The van der Waals surface area contributed by atoms with Crippen molar-refractivity contribution in [3.05, 3.63) is 35.1 Å². The average molecular weight is 417 g/mol. The van der Waals surface area contributed by atoms with E-state index in [4.69, 9.17) is 4.74 Å². The molecule has 0 bridgehead atoms. The van der Waals surface area contributed by atoms with E-state index in [1.165, 1.54) is 21.9 Å². The standard InChI is InChI=1S/C14H14BrFN4O3S/c1-19-7-11(21)20(14(19)22)13-18-17-12(24-13)10(6-15)23-9-5-3-2-4-8(9)16/h2-5,10-11,21H,6-7H2,1H3. The quantitative estimate of drug-likeness (QED) is 0.756. The maximum Gasteiger partial charge on any atom is 0.328 e. The molecule has 128 valence electrons. The van der Waals surface area contributed by atoms with Gasteiger partial charge in [0.05, 0.1) is 6.54 Å². The molecular formula is C14H14BrFN4O3S. The van der Waals surface area contributed by atoms with Crippen LogP contribution in [0.5, 0.6) is 5.75 Å². The van der Waals surface area contributed by atoms with Gasteiger partial charge in [0.1, 0.15) is 0 Å². The van der Waals surface area contributed by atoms with Crippen molar-refractivity contribution in [2.75, 3.05) is 23.8 Å². The third-order valence-corrected chi connectivity index (χ3v) is 5.03. The van der Waals surface area contributed by atoms with Gasteiger partial charge in [-0.3, -0.25) is 0 Å². The van der Waals surface area contributed by atoms with Gasteiger partial charge in [-0.25, -0.2) is 14.1 Å². The molecule has 0 radical (unpaired) electrons. The summed E-state index contributed by atoms with van der Waals surface area (Å²) >= 11 is 4.43. The summed E-state index contributed by atoms with van der Waals surface area (Å²) in [5, 5.41) is 19.1. The van der Waals surface area contributed by atoms with Gasteiger partial charge in [-0.2, -0.15) is 0 Å². The summed E-state index contributed by atoms with van der Waals surface area (Å²) in [6.07, 6.45) is -1.54. The van der Waals surface area contributed by atoms with Crippen molar-refractivity contribution in [3.8, 4) is 5.75 Å². The first-order valence-electron chi connectivity index (χ1n) is 7.04. The number of alkyl halides is 1. The normalized spacial score (nSPS) is 19.0. The minimum Gasteiger partial charge on any atom is -0.479 e. The van der Waals surface area contributed by atoms with Gasteiger partial charge >= 0.3 is 6.03 Å². The Balaban J connectivity index is 1.81. The van der Waals surface area contributed by atoms with Gasteiger partial charge in [0, 0.05) is 12.4 Å². The highest BCUT2D eigenvalue weighted by Crippen LogP contribution is 2.32. The Morgan fingerprint density at radius 1 is 1.50 bits per heavy atom. The monoisotopic (exact) mass is 416 g/mol. The van der Waals surface area contributed by atoms with E-state index in [2.05, 4.69) is 26.1 Å². The van der Waals surface area contributed by atoms with Crippen molar-refractivity contribution in [1.82, 2.24) is 15.1 Å². The lowest BCUT2D eigenvalue weighted by Gasteiger charge is -2.15. The van der Waals surface area contributed by atoms with Gasteiger partial charge in [0.25, 0.3) is 0 Å². The summed E-state index contributed by atoms with van der Waals surface area (Å²) in [5.41, 5.74) is 0. The lowest BCUT2D eigenvalue weighted by Crippen LogP contribution is -2.34. The lowest BCUT2D eigenvalue weighted by atomic mass is 10.3. The number of nitrogens with zero attached hydrogens (tertiary/aromatic N) is 4. The third kappa shape index (κ3) is 3.21. The van der Waals surface area contributed by atoms with Crippen LogP contribution in [0, 0.1) is 5.82 Å². The van der Waals surface area contributed by atoms with Crippen molar-refractivity contribution in [2.45, 2.75) is 12.3 Å². The zero-order valence-corrected chi connectivity index (χ0v) is 15.0. The number of aromatic nitrogens is 2. The van der Waals surface area contributed by atoms with E-state index in [9.17, 15) is 14.3 Å². The van der Waals surface area contributed by atoms with Crippen LogP contribution in [0.15, 0.2) is 24.3 Å². The Hall–Kier alpha value is -1.78. The second-order valence-electron chi connectivity index (χ2n) is 5.13. The summed E-state index contributed by atoms with van der Waals surface area (Å²) in [7, 11) is 1.59. The molecule has 2 unspecified atom stereocenters. The van der Waals surface area contributed by atoms with Crippen LogP contribution >= 0.6 is 27.3 Å². The van der Waals surface area contributed by atoms with Crippen LogP contribution in [0.3, 0.4) is 0 Å². The summed E-state index contributed by atoms with van der Waals surface area (Å²) in [5.74, 6) is -0.365. The number of hydrogen-bond donors (Lipinski definition) is 1. The van der Waals surface area contributed by atoms with Crippen molar-refractivity contribution >= 4 is 38.4 Å².